The van der Waals surface area contributed by atoms with Crippen LogP contribution in [0.25, 0.3) is 43.4 Å². The summed E-state index contributed by atoms with van der Waals surface area (Å²) in [6, 6.07) is 23.8. The van der Waals surface area contributed by atoms with E-state index in [1.165, 1.54) is 60.1 Å². The van der Waals surface area contributed by atoms with Crippen molar-refractivity contribution in [3.63, 3.8) is 0 Å². The maximum absolute atomic E-state index is 5.55. The molecule has 4 aromatic carbocycles. The van der Waals surface area contributed by atoms with Crippen molar-refractivity contribution in [1.82, 2.24) is 15.3 Å². The Kier molecular flexibility index (Phi) is 9.45. The standard InChI is InChI=1S/C18H20N2.C16H16N2.Pt/c19-10-5-11-20-13-18-16-8-3-1-6-14(16)12-15-7-2-4-9-17(15)18;1-9-7-17-15-13(11(9)3)5-6-14-12(4)10(2)8-18-16(14)15;/h1-4,6-9,12,20H,5,10-11,13,19H2;5-8H,1-4H3;/q;;+4. The number of rotatable bonds is 5. The van der Waals surface area contributed by atoms with Crippen molar-refractivity contribution in [3.05, 3.63) is 107 Å². The van der Waals surface area contributed by atoms with Gasteiger partial charge in [0.2, 0.25) is 0 Å². The van der Waals surface area contributed by atoms with Gasteiger partial charge >= 0.3 is 21.1 Å². The molecule has 0 bridgehead atoms. The van der Waals surface area contributed by atoms with E-state index in [1.54, 1.807) is 0 Å². The molecule has 0 saturated heterocycles. The van der Waals surface area contributed by atoms with Crippen LogP contribution in [0.15, 0.2) is 79.1 Å². The Labute approximate surface area is 245 Å². The minimum atomic E-state index is 0. The van der Waals surface area contributed by atoms with E-state index in [4.69, 9.17) is 5.73 Å². The molecule has 2 heterocycles. The van der Waals surface area contributed by atoms with Crippen LogP contribution >= 0.6 is 0 Å². The summed E-state index contributed by atoms with van der Waals surface area (Å²) in [6.07, 6.45) is 4.89. The maximum atomic E-state index is 5.55. The Hall–Kier alpha value is -3.17. The van der Waals surface area contributed by atoms with Crippen LogP contribution in [-0.4, -0.2) is 23.1 Å². The fourth-order valence-electron chi connectivity index (χ4n) is 5.13. The van der Waals surface area contributed by atoms with Gasteiger partial charge in [0.15, 0.2) is 0 Å². The zero-order chi connectivity index (χ0) is 26.6. The predicted molar refractivity (Wildman–Crippen MR) is 163 cm³/mol. The molecule has 0 aliphatic carbocycles. The second-order valence-corrected chi connectivity index (χ2v) is 10.1. The number of hydrogen-bond donors (Lipinski definition) is 2. The predicted octanol–water partition coefficient (Wildman–Crippen LogP) is 7.45. The van der Waals surface area contributed by atoms with Crippen LogP contribution in [0.1, 0.15) is 34.2 Å². The molecule has 0 aliphatic heterocycles. The van der Waals surface area contributed by atoms with E-state index in [0.29, 0.717) is 0 Å². The fourth-order valence-corrected chi connectivity index (χ4v) is 5.13. The molecule has 0 amide bonds. The molecule has 2 aromatic heterocycles. The van der Waals surface area contributed by atoms with Gasteiger partial charge in [0.25, 0.3) is 0 Å². The molecule has 198 valence electrons. The molecule has 0 atom stereocenters. The minimum absolute atomic E-state index is 0. The number of nitrogens with two attached hydrogens (primary N) is 1. The van der Waals surface area contributed by atoms with Gasteiger partial charge in [-0.1, -0.05) is 60.7 Å². The first kappa shape index (κ1) is 28.8. The second kappa shape index (κ2) is 12.8. The number of benzene rings is 4. The van der Waals surface area contributed by atoms with Crippen molar-refractivity contribution < 1.29 is 21.1 Å². The van der Waals surface area contributed by atoms with Crippen LogP contribution in [0.2, 0.25) is 0 Å². The monoisotopic (exact) mass is 695 g/mol. The molecule has 0 unspecified atom stereocenters. The number of aryl methyl sites for hydroxylation is 4. The van der Waals surface area contributed by atoms with Gasteiger partial charge in [-0.15, -0.1) is 0 Å². The van der Waals surface area contributed by atoms with E-state index in [1.807, 2.05) is 12.4 Å². The Morgan fingerprint density at radius 2 is 1.15 bits per heavy atom. The molecule has 6 aromatic rings. The Balaban J connectivity index is 0.000000177. The largest absolute Gasteiger partial charge is 4.00 e. The Morgan fingerprint density at radius 3 is 1.64 bits per heavy atom. The van der Waals surface area contributed by atoms with Crippen molar-refractivity contribution >= 4 is 43.4 Å². The summed E-state index contributed by atoms with van der Waals surface area (Å²) in [4.78, 5) is 9.16. The van der Waals surface area contributed by atoms with Gasteiger partial charge in [0, 0.05) is 29.7 Å². The maximum Gasteiger partial charge on any atom is 4.00 e. The van der Waals surface area contributed by atoms with Gasteiger partial charge in [-0.25, -0.2) is 0 Å². The van der Waals surface area contributed by atoms with Gasteiger partial charge in [-0.2, -0.15) is 0 Å². The van der Waals surface area contributed by atoms with E-state index in [-0.39, 0.29) is 21.1 Å². The summed E-state index contributed by atoms with van der Waals surface area (Å²) in [6.45, 7) is 11.1. The molecule has 3 N–H and O–H groups in total. The number of aromatic nitrogens is 2. The van der Waals surface area contributed by atoms with Crippen molar-refractivity contribution in [1.29, 1.82) is 0 Å². The Morgan fingerprint density at radius 1 is 0.667 bits per heavy atom. The average molecular weight is 696 g/mol. The summed E-state index contributed by atoms with van der Waals surface area (Å²) >= 11 is 0. The molecule has 0 aliphatic rings. The van der Waals surface area contributed by atoms with Crippen LogP contribution in [0.4, 0.5) is 0 Å². The molecular formula is C34H36N4Pt+4. The fraction of sp³-hybridized carbons (Fsp3) is 0.235. The van der Waals surface area contributed by atoms with Gasteiger partial charge < -0.3 is 11.1 Å². The first-order valence-electron chi connectivity index (χ1n) is 13.4. The third kappa shape index (κ3) is 5.89. The average Bonchev–Trinajstić information content (AvgIpc) is 2.94. The van der Waals surface area contributed by atoms with Crippen molar-refractivity contribution in [3.8, 4) is 0 Å². The molecule has 4 nitrogen and oxygen atoms in total. The van der Waals surface area contributed by atoms with Crippen molar-refractivity contribution in [2.75, 3.05) is 13.1 Å². The summed E-state index contributed by atoms with van der Waals surface area (Å²) in [5.41, 5.74) is 14.0. The molecule has 0 radical (unpaired) electrons. The topological polar surface area (TPSA) is 63.8 Å². The van der Waals surface area contributed by atoms with E-state index >= 15 is 0 Å². The molecule has 0 fully saturated rings. The summed E-state index contributed by atoms with van der Waals surface area (Å²) in [5.74, 6) is 0. The first-order valence-corrected chi connectivity index (χ1v) is 13.4. The quantitative estimate of drug-likeness (QED) is 0.112. The molecule has 0 saturated carbocycles. The van der Waals surface area contributed by atoms with Gasteiger partial charge in [0.05, 0.1) is 11.0 Å². The molecular weight excluding hydrogens is 659 g/mol. The second-order valence-electron chi connectivity index (χ2n) is 10.1. The van der Waals surface area contributed by atoms with Crippen LogP contribution in [0, 0.1) is 27.7 Å². The number of nitrogens with one attached hydrogen (secondary N) is 1. The summed E-state index contributed by atoms with van der Waals surface area (Å²) < 4.78 is 0. The minimum Gasteiger partial charge on any atom is -0.330 e. The van der Waals surface area contributed by atoms with Crippen LogP contribution in [0.5, 0.6) is 0 Å². The molecule has 39 heavy (non-hydrogen) atoms. The normalized spacial score (nSPS) is 11.0. The molecule has 0 spiro atoms. The summed E-state index contributed by atoms with van der Waals surface area (Å²) in [7, 11) is 0. The van der Waals surface area contributed by atoms with Crippen LogP contribution in [0.3, 0.4) is 0 Å². The third-order valence-electron chi connectivity index (χ3n) is 7.66. The summed E-state index contributed by atoms with van der Waals surface area (Å²) in [5, 5.41) is 11.2. The van der Waals surface area contributed by atoms with E-state index in [9.17, 15) is 0 Å². The third-order valence-corrected chi connectivity index (χ3v) is 7.66. The zero-order valence-electron chi connectivity index (χ0n) is 23.1. The molecule has 6 rings (SSSR count). The van der Waals surface area contributed by atoms with E-state index in [0.717, 1.165) is 37.1 Å². The van der Waals surface area contributed by atoms with Gasteiger partial charge in [0.1, 0.15) is 0 Å². The van der Waals surface area contributed by atoms with E-state index in [2.05, 4.69) is 110 Å². The zero-order valence-corrected chi connectivity index (χ0v) is 25.4. The van der Waals surface area contributed by atoms with Gasteiger partial charge in [-0.3, -0.25) is 9.97 Å². The van der Waals surface area contributed by atoms with Crippen LogP contribution < -0.4 is 11.1 Å². The number of fused-ring (bicyclic) bond motifs is 5. The first-order chi connectivity index (χ1) is 18.5. The number of nitrogens with zero attached hydrogens (tertiary/aromatic N) is 2. The van der Waals surface area contributed by atoms with Crippen molar-refractivity contribution in [2.24, 2.45) is 5.73 Å². The Bertz CT molecular complexity index is 1640. The molecule has 5 heteroatoms. The number of pyridine rings is 2. The van der Waals surface area contributed by atoms with E-state index < -0.39 is 0 Å². The number of hydrogen-bond acceptors (Lipinski definition) is 4. The SMILES string of the molecule is Cc1cnc2c(ccc3c(C)c(C)cnc32)c1C.NCCCNCc1c2ccccc2cc2ccccc12.[Pt+4]. The van der Waals surface area contributed by atoms with Gasteiger partial charge in [-0.05, 0) is 103 Å². The van der Waals surface area contributed by atoms with Crippen molar-refractivity contribution in [2.45, 2.75) is 40.7 Å². The van der Waals surface area contributed by atoms with Crippen LogP contribution in [-0.2, 0) is 27.6 Å². The smallest absolute Gasteiger partial charge is 0.330 e.